The van der Waals surface area contributed by atoms with Gasteiger partial charge in [-0.2, -0.15) is 9.67 Å². The fourth-order valence-corrected chi connectivity index (χ4v) is 1.58. The van der Waals surface area contributed by atoms with Gasteiger partial charge in [0.25, 0.3) is 0 Å². The Kier molecular flexibility index (Phi) is 4.83. The van der Waals surface area contributed by atoms with Crippen LogP contribution in [0.1, 0.15) is 12.7 Å². The highest BCUT2D eigenvalue weighted by atomic mass is 16.3. The van der Waals surface area contributed by atoms with Crippen molar-refractivity contribution in [2.75, 3.05) is 0 Å². The Morgan fingerprint density at radius 1 is 1.35 bits per heavy atom. The minimum atomic E-state index is -0.178. The number of nitrogens with one attached hydrogen (secondary N) is 1. The van der Waals surface area contributed by atoms with E-state index in [0.717, 1.165) is 11.3 Å². The summed E-state index contributed by atoms with van der Waals surface area (Å²) in [6, 6.07) is 9.30. The summed E-state index contributed by atoms with van der Waals surface area (Å²) in [5.41, 5.74) is 3.36. The first-order valence-electron chi connectivity index (χ1n) is 6.22. The van der Waals surface area contributed by atoms with E-state index >= 15 is 0 Å². The first-order valence-corrected chi connectivity index (χ1v) is 6.22. The first kappa shape index (κ1) is 13.7. The number of allylic oxidation sites excluding steroid dienone is 1. The lowest BCUT2D eigenvalue weighted by Gasteiger charge is -1.96. The van der Waals surface area contributed by atoms with Gasteiger partial charge in [0.05, 0.1) is 12.5 Å². The van der Waals surface area contributed by atoms with E-state index in [1.165, 1.54) is 0 Å². The van der Waals surface area contributed by atoms with Crippen LogP contribution in [0.2, 0.25) is 0 Å². The molecule has 2 heterocycles. The van der Waals surface area contributed by atoms with Crippen molar-refractivity contribution in [3.63, 3.8) is 0 Å². The van der Waals surface area contributed by atoms with Gasteiger partial charge in [0.2, 0.25) is 6.54 Å². The van der Waals surface area contributed by atoms with Gasteiger partial charge in [0.15, 0.2) is 12.4 Å². The Bertz CT molecular complexity index is 601. The Morgan fingerprint density at radius 2 is 2.15 bits per heavy atom. The summed E-state index contributed by atoms with van der Waals surface area (Å²) < 4.78 is 6.96. The topological polar surface area (TPSA) is 58.5 Å². The van der Waals surface area contributed by atoms with Crippen LogP contribution in [0, 0.1) is 0 Å². The number of carbonyl (C=O) groups is 1. The molecule has 2 rings (SSSR count). The lowest BCUT2D eigenvalue weighted by atomic mass is 10.3. The van der Waals surface area contributed by atoms with Crippen LogP contribution >= 0.6 is 0 Å². The van der Waals surface area contributed by atoms with Crippen LogP contribution in [0.4, 0.5) is 0 Å². The number of carbonyl (C=O) groups excluding carboxylic acids is 1. The zero-order valence-electron chi connectivity index (χ0n) is 11.2. The third-order valence-corrected chi connectivity index (χ3v) is 2.47. The predicted octanol–water partition coefficient (Wildman–Crippen LogP) is 1.77. The average Bonchev–Trinajstić information content (AvgIpc) is 2.92. The molecule has 0 saturated carbocycles. The molecule has 0 radical (unpaired) electrons. The van der Waals surface area contributed by atoms with Crippen LogP contribution < -0.4 is 9.99 Å². The first-order chi connectivity index (χ1) is 9.74. The molecule has 0 aliphatic carbocycles. The molecule has 0 saturated heterocycles. The highest BCUT2D eigenvalue weighted by Crippen LogP contribution is 2.05. The number of hydrogen-bond acceptors (Lipinski definition) is 3. The molecule has 0 atom stereocenters. The maximum absolute atomic E-state index is 11.6. The number of hydrazone groups is 1. The molecule has 0 fully saturated rings. The largest absolute Gasteiger partial charge is 0.465 e. The minimum Gasteiger partial charge on any atom is -0.465 e. The van der Waals surface area contributed by atoms with Crippen LogP contribution in [0.25, 0.3) is 6.08 Å². The molecule has 0 unspecified atom stereocenters. The van der Waals surface area contributed by atoms with Gasteiger partial charge in [0, 0.05) is 12.1 Å². The Morgan fingerprint density at radius 3 is 2.85 bits per heavy atom. The average molecular weight is 270 g/mol. The smallest absolute Gasteiger partial charge is 0.305 e. The molecule has 0 bridgehead atoms. The summed E-state index contributed by atoms with van der Waals surface area (Å²) >= 11 is 0. The van der Waals surface area contributed by atoms with Gasteiger partial charge in [0.1, 0.15) is 5.76 Å². The fraction of sp³-hybridized carbons (Fsp3) is 0.133. The highest BCUT2D eigenvalue weighted by molar-refractivity contribution is 5.85. The fourth-order valence-electron chi connectivity index (χ4n) is 1.58. The van der Waals surface area contributed by atoms with Crippen molar-refractivity contribution in [1.29, 1.82) is 0 Å². The molecule has 0 spiro atoms. The highest BCUT2D eigenvalue weighted by Gasteiger charge is 2.06. The molecule has 5 nitrogen and oxygen atoms in total. The molecule has 20 heavy (non-hydrogen) atoms. The number of nitrogens with zero attached hydrogens (tertiary/aromatic N) is 2. The van der Waals surface area contributed by atoms with E-state index in [4.69, 9.17) is 4.42 Å². The third kappa shape index (κ3) is 4.53. The van der Waals surface area contributed by atoms with Gasteiger partial charge in [-0.15, -0.1) is 0 Å². The monoisotopic (exact) mass is 270 g/mol. The van der Waals surface area contributed by atoms with E-state index < -0.39 is 0 Å². The molecular formula is C15H16N3O2+. The number of rotatable bonds is 5. The maximum Gasteiger partial charge on any atom is 0.305 e. The summed E-state index contributed by atoms with van der Waals surface area (Å²) in [4.78, 5) is 11.6. The van der Waals surface area contributed by atoms with Gasteiger partial charge >= 0.3 is 5.91 Å². The van der Waals surface area contributed by atoms with Gasteiger partial charge in [-0.3, -0.25) is 4.79 Å². The van der Waals surface area contributed by atoms with Crippen molar-refractivity contribution in [3.05, 3.63) is 60.3 Å². The molecule has 0 aromatic carbocycles. The van der Waals surface area contributed by atoms with Gasteiger partial charge < -0.3 is 4.42 Å². The van der Waals surface area contributed by atoms with E-state index in [0.29, 0.717) is 0 Å². The second kappa shape index (κ2) is 7.04. The van der Waals surface area contributed by atoms with Gasteiger partial charge in [-0.05, 0) is 30.7 Å². The number of amides is 1. The lowest BCUT2D eigenvalue weighted by Crippen LogP contribution is -2.40. The van der Waals surface area contributed by atoms with Crippen LogP contribution in [-0.4, -0.2) is 12.1 Å². The van der Waals surface area contributed by atoms with Gasteiger partial charge in [-0.25, -0.2) is 5.43 Å². The SMILES string of the molecule is CC(/C=N/NC(=O)C[n+]1ccccc1)=C\c1ccco1. The Hall–Kier alpha value is -2.69. The van der Waals surface area contributed by atoms with Crippen LogP contribution in [-0.2, 0) is 11.3 Å². The Labute approximate surface area is 117 Å². The molecule has 0 aliphatic rings. The molecule has 0 aliphatic heterocycles. The van der Waals surface area contributed by atoms with E-state index in [1.807, 2.05) is 55.7 Å². The number of pyridine rings is 1. The van der Waals surface area contributed by atoms with E-state index in [1.54, 1.807) is 17.0 Å². The van der Waals surface area contributed by atoms with Gasteiger partial charge in [-0.1, -0.05) is 6.07 Å². The molecule has 2 aromatic rings. The van der Waals surface area contributed by atoms with E-state index in [2.05, 4.69) is 10.5 Å². The summed E-state index contributed by atoms with van der Waals surface area (Å²) in [6.45, 7) is 2.11. The van der Waals surface area contributed by atoms with Crippen LogP contribution in [0.5, 0.6) is 0 Å². The quantitative estimate of drug-likeness (QED) is 0.511. The molecule has 102 valence electrons. The van der Waals surface area contributed by atoms with Crippen molar-refractivity contribution in [3.8, 4) is 0 Å². The van der Waals surface area contributed by atoms with Crippen molar-refractivity contribution < 1.29 is 13.8 Å². The van der Waals surface area contributed by atoms with Crippen molar-refractivity contribution in [2.45, 2.75) is 13.5 Å². The van der Waals surface area contributed by atoms with Crippen LogP contribution in [0.15, 0.2) is 64.1 Å². The zero-order chi connectivity index (χ0) is 14.2. The number of hydrogen-bond donors (Lipinski definition) is 1. The van der Waals surface area contributed by atoms with E-state index in [-0.39, 0.29) is 12.5 Å². The van der Waals surface area contributed by atoms with Crippen molar-refractivity contribution in [1.82, 2.24) is 5.43 Å². The summed E-state index contributed by atoms with van der Waals surface area (Å²) in [7, 11) is 0. The number of aromatic nitrogens is 1. The third-order valence-electron chi connectivity index (χ3n) is 2.47. The molecule has 1 amide bonds. The lowest BCUT2D eigenvalue weighted by molar-refractivity contribution is -0.684. The van der Waals surface area contributed by atoms with Crippen LogP contribution in [0.3, 0.4) is 0 Å². The number of furan rings is 1. The summed E-state index contributed by atoms with van der Waals surface area (Å²) in [6.07, 6.45) is 8.67. The predicted molar refractivity (Wildman–Crippen MR) is 75.6 cm³/mol. The molecule has 1 N–H and O–H groups in total. The zero-order valence-corrected chi connectivity index (χ0v) is 11.2. The minimum absolute atomic E-state index is 0.178. The Balaban J connectivity index is 1.82. The summed E-state index contributed by atoms with van der Waals surface area (Å²) in [5, 5.41) is 3.90. The van der Waals surface area contributed by atoms with E-state index in [9.17, 15) is 4.79 Å². The second-order valence-corrected chi connectivity index (χ2v) is 4.24. The molecular weight excluding hydrogens is 254 g/mol. The maximum atomic E-state index is 11.6. The van der Waals surface area contributed by atoms with Crippen molar-refractivity contribution in [2.24, 2.45) is 5.10 Å². The standard InChI is InChI=1S/C15H15N3O2/c1-13(10-14-6-5-9-20-14)11-16-17-15(19)12-18-7-3-2-4-8-18/h2-11H,12H2,1H3/p+1/b13-10+,16-11+. The normalized spacial score (nSPS) is 11.8. The summed E-state index contributed by atoms with van der Waals surface area (Å²) in [5.74, 6) is 0.573. The second-order valence-electron chi connectivity index (χ2n) is 4.24. The molecule has 2 aromatic heterocycles. The van der Waals surface area contributed by atoms with Crippen molar-refractivity contribution >= 4 is 18.2 Å². The molecule has 5 heteroatoms.